The van der Waals surface area contributed by atoms with Crippen molar-refractivity contribution in [3.8, 4) is 0 Å². The third-order valence-corrected chi connectivity index (χ3v) is 1.72. The van der Waals surface area contributed by atoms with Crippen LogP contribution < -0.4 is 0 Å². The first-order valence-corrected chi connectivity index (χ1v) is 4.19. The van der Waals surface area contributed by atoms with E-state index in [0.717, 1.165) is 0 Å². The Morgan fingerprint density at radius 1 is 0.842 bits per heavy atom. The van der Waals surface area contributed by atoms with Crippen LogP contribution in [0, 0.1) is 0 Å². The number of carbonyl (C=O) groups is 1. The molecule has 0 spiro atoms. The van der Waals surface area contributed by atoms with Gasteiger partial charge in [-0.3, -0.25) is 0 Å². The van der Waals surface area contributed by atoms with Crippen LogP contribution >= 0.6 is 0 Å². The molecule has 0 aromatic heterocycles. The second kappa shape index (κ2) is 5.06. The molecule has 19 heavy (non-hydrogen) atoms. The predicted octanol–water partition coefficient (Wildman–Crippen LogP) is 2.43. The van der Waals surface area contributed by atoms with Crippen molar-refractivity contribution < 1.29 is 54.2 Å². The van der Waals surface area contributed by atoms with Crippen LogP contribution in [-0.4, -0.2) is 43.1 Å². The predicted molar refractivity (Wildman–Crippen MR) is 37.4 cm³/mol. The van der Waals surface area contributed by atoms with Crippen LogP contribution in [0.2, 0.25) is 0 Å². The second-order valence-electron chi connectivity index (χ2n) is 3.06. The third kappa shape index (κ3) is 2.87. The number of ether oxygens (including phenoxy) is 1. The van der Waals surface area contributed by atoms with Crippen molar-refractivity contribution in [3.05, 3.63) is 0 Å². The van der Waals surface area contributed by atoms with Crippen LogP contribution in [0.25, 0.3) is 0 Å². The molecule has 0 saturated carbocycles. The Hall–Kier alpha value is -1.20. The van der Waals surface area contributed by atoms with Crippen molar-refractivity contribution in [3.63, 3.8) is 0 Å². The maximum absolute atomic E-state index is 12.6. The van der Waals surface area contributed by atoms with Crippen molar-refractivity contribution in [1.29, 1.82) is 0 Å². The van der Waals surface area contributed by atoms with Gasteiger partial charge in [0.25, 0.3) is 0 Å². The fourth-order valence-electron chi connectivity index (χ4n) is 0.728. The van der Waals surface area contributed by atoms with Gasteiger partial charge >= 0.3 is 29.9 Å². The average Bonchev–Trinajstić information content (AvgIpc) is 2.23. The lowest BCUT2D eigenvalue weighted by Gasteiger charge is -2.32. The summed E-state index contributed by atoms with van der Waals surface area (Å²) in [6.45, 7) is -2.76. The number of halogens is 9. The van der Waals surface area contributed by atoms with E-state index in [1.807, 2.05) is 0 Å². The molecule has 0 saturated heterocycles. The third-order valence-electron chi connectivity index (χ3n) is 1.72. The first-order valence-electron chi connectivity index (χ1n) is 4.19. The molecule has 0 aliphatic rings. The van der Waals surface area contributed by atoms with Gasteiger partial charge in [0.2, 0.25) is 0 Å². The summed E-state index contributed by atoms with van der Waals surface area (Å²) >= 11 is 0. The zero-order chi connectivity index (χ0) is 15.7. The van der Waals surface area contributed by atoms with Crippen LogP contribution in [0.1, 0.15) is 0 Å². The van der Waals surface area contributed by atoms with E-state index in [4.69, 9.17) is 0 Å². The largest absolute Gasteiger partial charge is 0.460 e. The van der Waals surface area contributed by atoms with E-state index in [1.54, 1.807) is 0 Å². The molecule has 12 heteroatoms. The molecule has 0 heterocycles. The zero-order valence-electron chi connectivity index (χ0n) is 8.54. The highest BCUT2D eigenvalue weighted by molar-refractivity contribution is 5.79. The molecule has 0 N–H and O–H groups in total. The molecule has 113 valence electrons. The van der Waals surface area contributed by atoms with E-state index >= 15 is 0 Å². The van der Waals surface area contributed by atoms with Crippen LogP contribution in [0.15, 0.2) is 0 Å². The lowest BCUT2D eigenvalue weighted by atomic mass is 10.0. The van der Waals surface area contributed by atoms with E-state index in [-0.39, 0.29) is 0 Å². The Labute approximate surface area is 98.5 Å². The topological polar surface area (TPSA) is 46.2 Å². The molecular weight excluding hydrogens is 303 g/mol. The molecule has 0 aromatic rings. The fraction of sp³-hybridized carbons (Fsp3) is 0.857. The van der Waals surface area contributed by atoms with Gasteiger partial charge in [-0.1, -0.05) is 0 Å². The summed E-state index contributed by atoms with van der Waals surface area (Å²) in [5.74, 6) is -24.0. The summed E-state index contributed by atoms with van der Waals surface area (Å²) in [5, 5.41) is 9.73. The van der Waals surface area contributed by atoms with Crippen LogP contribution in [0.5, 0.6) is 0 Å². The Morgan fingerprint density at radius 3 is 1.58 bits per heavy atom. The normalized spacial score (nSPS) is 14.4. The van der Waals surface area contributed by atoms with E-state index in [1.165, 1.54) is 0 Å². The van der Waals surface area contributed by atoms with Crippen LogP contribution in [0.3, 0.4) is 0 Å². The maximum Gasteiger partial charge on any atom is 0.460 e. The summed E-state index contributed by atoms with van der Waals surface area (Å²) in [7, 11) is 0. The van der Waals surface area contributed by atoms with Crippen molar-refractivity contribution >= 4 is 5.97 Å². The maximum atomic E-state index is 12.6. The first-order chi connectivity index (χ1) is 8.23. The molecule has 0 amide bonds. The standard InChI is InChI=1S/C7H4F9O3/c8-4(9,3(18)19-2-1-17)5(10,11)6(12,13)7(14,15)16/h1-2H2. The number of carbonyl (C=O) groups excluding carboxylic acids is 1. The summed E-state index contributed by atoms with van der Waals surface area (Å²) in [5.41, 5.74) is 0. The minimum atomic E-state index is -7.17. The summed E-state index contributed by atoms with van der Waals surface area (Å²) in [6.07, 6.45) is -7.02. The molecular formula is C7H4F9O3. The highest BCUT2D eigenvalue weighted by Crippen LogP contribution is 2.53. The van der Waals surface area contributed by atoms with Gasteiger partial charge in [-0.05, 0) is 0 Å². The minimum absolute atomic E-state index is 1.37. The molecule has 0 aliphatic heterocycles. The van der Waals surface area contributed by atoms with Gasteiger partial charge < -0.3 is 4.74 Å². The SMILES string of the molecule is [O]CCOC(=O)C(F)(F)C(F)(F)C(F)(F)C(F)(F)F. The number of hydrogen-bond acceptors (Lipinski definition) is 2. The van der Waals surface area contributed by atoms with Gasteiger partial charge in [0.05, 0.1) is 0 Å². The molecule has 0 aliphatic carbocycles. The van der Waals surface area contributed by atoms with Crippen LogP contribution in [0.4, 0.5) is 39.5 Å². The summed E-state index contributed by atoms with van der Waals surface area (Å²) < 4.78 is 113. The molecule has 0 aromatic carbocycles. The van der Waals surface area contributed by atoms with Crippen molar-refractivity contribution in [2.24, 2.45) is 0 Å². The Bertz CT molecular complexity index is 335. The van der Waals surface area contributed by atoms with E-state index in [0.29, 0.717) is 0 Å². The Morgan fingerprint density at radius 2 is 1.26 bits per heavy atom. The smallest absolute Gasteiger partial charge is 0.458 e. The second-order valence-corrected chi connectivity index (χ2v) is 3.06. The van der Waals surface area contributed by atoms with Crippen LogP contribution in [-0.2, 0) is 14.6 Å². The average molecular weight is 307 g/mol. The van der Waals surface area contributed by atoms with Gasteiger partial charge in [-0.15, -0.1) is 0 Å². The molecule has 0 fully saturated rings. The van der Waals surface area contributed by atoms with E-state index in [2.05, 4.69) is 4.74 Å². The van der Waals surface area contributed by atoms with Gasteiger partial charge in [0.15, 0.2) is 0 Å². The van der Waals surface area contributed by atoms with Crippen molar-refractivity contribution in [2.45, 2.75) is 23.9 Å². The number of hydrogen-bond donors (Lipinski definition) is 0. The van der Waals surface area contributed by atoms with Crippen molar-refractivity contribution in [1.82, 2.24) is 0 Å². The van der Waals surface area contributed by atoms with Gasteiger partial charge in [0.1, 0.15) is 13.2 Å². The minimum Gasteiger partial charge on any atom is -0.458 e. The lowest BCUT2D eigenvalue weighted by Crippen LogP contribution is -2.63. The lowest BCUT2D eigenvalue weighted by molar-refractivity contribution is -0.390. The van der Waals surface area contributed by atoms with E-state index in [9.17, 15) is 49.4 Å². The fourth-order valence-corrected chi connectivity index (χ4v) is 0.728. The molecule has 0 rings (SSSR count). The molecule has 1 radical (unpaired) electrons. The summed E-state index contributed by atoms with van der Waals surface area (Å²) in [6, 6.07) is 0. The number of rotatable bonds is 5. The highest BCUT2D eigenvalue weighted by Gasteiger charge is 2.84. The monoisotopic (exact) mass is 307 g/mol. The highest BCUT2D eigenvalue weighted by atomic mass is 19.4. The number of esters is 1. The van der Waals surface area contributed by atoms with E-state index < -0.39 is 43.1 Å². The summed E-state index contributed by atoms with van der Waals surface area (Å²) in [4.78, 5) is 10.4. The molecule has 0 bridgehead atoms. The first kappa shape index (κ1) is 17.8. The molecule has 0 atom stereocenters. The quantitative estimate of drug-likeness (QED) is 0.578. The number of alkyl halides is 9. The Balaban J connectivity index is 5.45. The van der Waals surface area contributed by atoms with Gasteiger partial charge in [-0.2, -0.15) is 39.5 Å². The molecule has 3 nitrogen and oxygen atoms in total. The Kier molecular flexibility index (Phi) is 4.74. The van der Waals surface area contributed by atoms with Gasteiger partial charge in [-0.25, -0.2) is 9.90 Å². The molecule has 0 unspecified atom stereocenters. The van der Waals surface area contributed by atoms with Gasteiger partial charge in [0, 0.05) is 0 Å². The zero-order valence-corrected chi connectivity index (χ0v) is 8.54. The van der Waals surface area contributed by atoms with Crippen molar-refractivity contribution in [2.75, 3.05) is 13.2 Å².